The van der Waals surface area contributed by atoms with Crippen molar-refractivity contribution in [3.05, 3.63) is 40.9 Å². The number of thiazole rings is 1. The second-order valence-corrected chi connectivity index (χ2v) is 5.86. The number of hydrogen-bond acceptors (Lipinski definition) is 4. The first-order valence-corrected chi connectivity index (χ1v) is 7.39. The van der Waals surface area contributed by atoms with Crippen LogP contribution in [-0.2, 0) is 4.79 Å². The number of aliphatic carboxylic acids is 1. The number of nitrogens with zero attached hydrogens (tertiary/aromatic N) is 1. The topological polar surface area (TPSA) is 59.4 Å². The maximum Gasteiger partial charge on any atom is 0.328 e. The SMILES string of the molecule is COc1cccc(-c2nc(C(C)C)c(/C=C/C(=O)O)s2)c1. The third-order valence-corrected chi connectivity index (χ3v) is 4.01. The Morgan fingerprint density at radius 3 is 2.81 bits per heavy atom. The molecule has 1 aromatic heterocycles. The second-order valence-electron chi connectivity index (χ2n) is 4.83. The first kappa shape index (κ1) is 15.3. The summed E-state index contributed by atoms with van der Waals surface area (Å²) in [5.41, 5.74) is 1.88. The molecule has 0 radical (unpaired) electrons. The number of rotatable bonds is 5. The molecule has 21 heavy (non-hydrogen) atoms. The highest BCUT2D eigenvalue weighted by atomic mass is 32.1. The van der Waals surface area contributed by atoms with Crippen molar-refractivity contribution in [1.29, 1.82) is 0 Å². The van der Waals surface area contributed by atoms with Crippen LogP contribution in [0.3, 0.4) is 0 Å². The largest absolute Gasteiger partial charge is 0.497 e. The summed E-state index contributed by atoms with van der Waals surface area (Å²) in [7, 11) is 1.63. The molecule has 0 spiro atoms. The fourth-order valence-electron chi connectivity index (χ4n) is 1.90. The lowest BCUT2D eigenvalue weighted by Gasteiger charge is -2.02. The van der Waals surface area contributed by atoms with Gasteiger partial charge in [0.05, 0.1) is 17.7 Å². The zero-order chi connectivity index (χ0) is 15.4. The molecular weight excluding hydrogens is 286 g/mol. The Labute approximate surface area is 127 Å². The summed E-state index contributed by atoms with van der Waals surface area (Å²) < 4.78 is 5.22. The van der Waals surface area contributed by atoms with E-state index in [1.807, 2.05) is 38.1 Å². The fraction of sp³-hybridized carbons (Fsp3) is 0.250. The number of aromatic nitrogens is 1. The zero-order valence-corrected chi connectivity index (χ0v) is 13.0. The standard InChI is InChI=1S/C16H17NO3S/c1-10(2)15-13(7-8-14(18)19)21-16(17-15)11-5-4-6-12(9-11)20-3/h4-10H,1-3H3,(H,18,19)/b8-7+. The van der Waals surface area contributed by atoms with Crippen LogP contribution in [0.15, 0.2) is 30.3 Å². The molecule has 110 valence electrons. The first-order valence-electron chi connectivity index (χ1n) is 6.57. The van der Waals surface area contributed by atoms with Gasteiger partial charge >= 0.3 is 5.97 Å². The number of methoxy groups -OCH3 is 1. The molecule has 0 aliphatic heterocycles. The number of ether oxygens (including phenoxy) is 1. The highest BCUT2D eigenvalue weighted by molar-refractivity contribution is 7.16. The van der Waals surface area contributed by atoms with Crippen LogP contribution < -0.4 is 4.74 Å². The molecule has 0 aliphatic carbocycles. The van der Waals surface area contributed by atoms with E-state index in [1.54, 1.807) is 13.2 Å². The maximum atomic E-state index is 10.7. The molecule has 0 aliphatic rings. The summed E-state index contributed by atoms with van der Waals surface area (Å²) in [6.07, 6.45) is 2.76. The van der Waals surface area contributed by atoms with Crippen LogP contribution in [0.2, 0.25) is 0 Å². The Balaban J connectivity index is 2.45. The van der Waals surface area contributed by atoms with Gasteiger partial charge in [0.1, 0.15) is 10.8 Å². The summed E-state index contributed by atoms with van der Waals surface area (Å²) in [5, 5.41) is 9.64. The Hall–Kier alpha value is -2.14. The highest BCUT2D eigenvalue weighted by Gasteiger charge is 2.14. The second kappa shape index (κ2) is 6.54. The summed E-state index contributed by atoms with van der Waals surface area (Å²) >= 11 is 1.49. The van der Waals surface area contributed by atoms with Gasteiger partial charge in [-0.1, -0.05) is 26.0 Å². The van der Waals surface area contributed by atoms with Crippen molar-refractivity contribution in [2.75, 3.05) is 7.11 Å². The van der Waals surface area contributed by atoms with Crippen LogP contribution in [0.25, 0.3) is 16.6 Å². The maximum absolute atomic E-state index is 10.7. The predicted molar refractivity (Wildman–Crippen MR) is 84.9 cm³/mol. The highest BCUT2D eigenvalue weighted by Crippen LogP contribution is 2.33. The first-order chi connectivity index (χ1) is 10.0. The predicted octanol–water partition coefficient (Wildman–Crippen LogP) is 4.04. The van der Waals surface area contributed by atoms with Gasteiger partial charge in [0.25, 0.3) is 0 Å². The molecular formula is C16H17NO3S. The molecule has 1 heterocycles. The van der Waals surface area contributed by atoms with E-state index in [-0.39, 0.29) is 5.92 Å². The van der Waals surface area contributed by atoms with E-state index in [0.29, 0.717) is 0 Å². The lowest BCUT2D eigenvalue weighted by Crippen LogP contribution is -1.91. The molecule has 0 saturated carbocycles. The van der Waals surface area contributed by atoms with Gasteiger partial charge in [0.2, 0.25) is 0 Å². The number of benzene rings is 1. The van der Waals surface area contributed by atoms with Crippen molar-refractivity contribution in [3.63, 3.8) is 0 Å². The van der Waals surface area contributed by atoms with Gasteiger partial charge in [-0.2, -0.15) is 0 Å². The normalized spacial score (nSPS) is 11.2. The average molecular weight is 303 g/mol. The van der Waals surface area contributed by atoms with Crippen molar-refractivity contribution >= 4 is 23.4 Å². The third-order valence-electron chi connectivity index (χ3n) is 2.92. The van der Waals surface area contributed by atoms with E-state index in [1.165, 1.54) is 11.3 Å². The van der Waals surface area contributed by atoms with Crippen molar-refractivity contribution in [1.82, 2.24) is 4.98 Å². The number of carboxylic acids is 1. The van der Waals surface area contributed by atoms with Gasteiger partial charge in [-0.25, -0.2) is 9.78 Å². The Morgan fingerprint density at radius 1 is 1.43 bits per heavy atom. The van der Waals surface area contributed by atoms with Crippen LogP contribution in [0, 0.1) is 0 Å². The lowest BCUT2D eigenvalue weighted by atomic mass is 10.1. The Morgan fingerprint density at radius 2 is 2.19 bits per heavy atom. The number of carboxylic acid groups (broad SMARTS) is 1. The zero-order valence-electron chi connectivity index (χ0n) is 12.2. The van der Waals surface area contributed by atoms with Crippen molar-refractivity contribution < 1.29 is 14.6 Å². The molecule has 0 amide bonds. The molecule has 0 bridgehead atoms. The molecule has 2 rings (SSSR count). The van der Waals surface area contributed by atoms with Gasteiger partial charge in [0.15, 0.2) is 0 Å². The van der Waals surface area contributed by atoms with E-state index in [9.17, 15) is 4.79 Å². The van der Waals surface area contributed by atoms with E-state index in [2.05, 4.69) is 4.98 Å². The van der Waals surface area contributed by atoms with Gasteiger partial charge in [-0.05, 0) is 24.1 Å². The molecule has 0 atom stereocenters. The molecule has 2 aromatic rings. The summed E-state index contributed by atoms with van der Waals surface area (Å²) in [5.74, 6) is 0.0477. The van der Waals surface area contributed by atoms with Crippen LogP contribution in [0.5, 0.6) is 5.75 Å². The van der Waals surface area contributed by atoms with E-state index in [0.717, 1.165) is 33.0 Å². The molecule has 1 N–H and O–H groups in total. The third kappa shape index (κ3) is 3.70. The van der Waals surface area contributed by atoms with Gasteiger partial charge in [-0.15, -0.1) is 11.3 Å². The molecule has 4 nitrogen and oxygen atoms in total. The lowest BCUT2D eigenvalue weighted by molar-refractivity contribution is -0.131. The van der Waals surface area contributed by atoms with Crippen molar-refractivity contribution in [3.8, 4) is 16.3 Å². The van der Waals surface area contributed by atoms with Gasteiger partial charge in [-0.3, -0.25) is 0 Å². The Bertz CT molecular complexity index is 674. The number of carbonyl (C=O) groups is 1. The molecule has 0 saturated heterocycles. The number of hydrogen-bond donors (Lipinski definition) is 1. The minimum Gasteiger partial charge on any atom is -0.497 e. The molecule has 0 unspecified atom stereocenters. The van der Waals surface area contributed by atoms with Crippen molar-refractivity contribution in [2.45, 2.75) is 19.8 Å². The molecule has 1 aromatic carbocycles. The fourth-order valence-corrected chi connectivity index (χ4v) is 3.02. The van der Waals surface area contributed by atoms with Crippen LogP contribution in [-0.4, -0.2) is 23.2 Å². The minimum absolute atomic E-state index is 0.231. The molecule has 5 heteroatoms. The van der Waals surface area contributed by atoms with Crippen LogP contribution in [0.1, 0.15) is 30.3 Å². The summed E-state index contributed by atoms with van der Waals surface area (Å²) in [4.78, 5) is 16.2. The van der Waals surface area contributed by atoms with Crippen LogP contribution in [0.4, 0.5) is 0 Å². The minimum atomic E-state index is -0.957. The quantitative estimate of drug-likeness (QED) is 0.847. The summed E-state index contributed by atoms with van der Waals surface area (Å²) in [6.45, 7) is 4.09. The van der Waals surface area contributed by atoms with E-state index in [4.69, 9.17) is 9.84 Å². The summed E-state index contributed by atoms with van der Waals surface area (Å²) in [6, 6.07) is 7.69. The van der Waals surface area contributed by atoms with Gasteiger partial charge in [0, 0.05) is 11.6 Å². The van der Waals surface area contributed by atoms with E-state index < -0.39 is 5.97 Å². The van der Waals surface area contributed by atoms with Crippen molar-refractivity contribution in [2.24, 2.45) is 0 Å². The van der Waals surface area contributed by atoms with Gasteiger partial charge < -0.3 is 9.84 Å². The smallest absolute Gasteiger partial charge is 0.328 e. The monoisotopic (exact) mass is 303 g/mol. The van der Waals surface area contributed by atoms with Crippen LogP contribution >= 0.6 is 11.3 Å². The average Bonchev–Trinajstić information content (AvgIpc) is 2.89. The van der Waals surface area contributed by atoms with E-state index >= 15 is 0 Å². The Kier molecular flexibility index (Phi) is 4.75. The molecule has 0 fully saturated rings.